The van der Waals surface area contributed by atoms with Gasteiger partial charge in [-0.3, -0.25) is 9.69 Å². The lowest BCUT2D eigenvalue weighted by Gasteiger charge is -2.15. The van der Waals surface area contributed by atoms with Gasteiger partial charge in [0.05, 0.1) is 11.5 Å². The minimum atomic E-state index is 0.0784. The van der Waals surface area contributed by atoms with E-state index in [0.29, 0.717) is 11.5 Å². The minimum absolute atomic E-state index is 0.0784. The zero-order valence-electron chi connectivity index (χ0n) is 9.58. The van der Waals surface area contributed by atoms with Gasteiger partial charge >= 0.3 is 0 Å². The van der Waals surface area contributed by atoms with Crippen LogP contribution in [0.2, 0.25) is 0 Å². The molecular weight excluding hydrogens is 210 g/mol. The fourth-order valence-electron chi connectivity index (χ4n) is 1.17. The van der Waals surface area contributed by atoms with E-state index in [1.807, 2.05) is 18.9 Å². The van der Waals surface area contributed by atoms with E-state index >= 15 is 0 Å². The highest BCUT2D eigenvalue weighted by Crippen LogP contribution is 1.92. The second-order valence-electron chi connectivity index (χ2n) is 3.66. The highest BCUT2D eigenvalue weighted by atomic mass is 32.1. The fraction of sp³-hybridized carbons (Fsp3) is 0.800. The topological polar surface area (TPSA) is 58.4 Å². The van der Waals surface area contributed by atoms with Crippen LogP contribution in [0.15, 0.2) is 0 Å². The van der Waals surface area contributed by atoms with Crippen molar-refractivity contribution in [3.05, 3.63) is 0 Å². The molecule has 0 aliphatic carbocycles. The van der Waals surface area contributed by atoms with Gasteiger partial charge in [-0.15, -0.1) is 0 Å². The molecule has 0 aromatic heterocycles. The van der Waals surface area contributed by atoms with E-state index in [4.69, 9.17) is 18.0 Å². The zero-order chi connectivity index (χ0) is 11.7. The first-order valence-electron chi connectivity index (χ1n) is 5.29. The Morgan fingerprint density at radius 3 is 2.73 bits per heavy atom. The summed E-state index contributed by atoms with van der Waals surface area (Å²) in [5, 5.41) is 2.83. The summed E-state index contributed by atoms with van der Waals surface area (Å²) in [7, 11) is 1.92. The van der Waals surface area contributed by atoms with Gasteiger partial charge < -0.3 is 11.1 Å². The van der Waals surface area contributed by atoms with Gasteiger partial charge in [-0.1, -0.05) is 19.1 Å². The number of carbonyl (C=O) groups excluding carboxylic acids is 1. The number of likely N-dealkylation sites (N-methyl/N-ethyl adjacent to an activating group) is 1. The van der Waals surface area contributed by atoms with Crippen LogP contribution in [-0.2, 0) is 4.79 Å². The molecule has 0 fully saturated rings. The largest absolute Gasteiger partial charge is 0.393 e. The smallest absolute Gasteiger partial charge is 0.234 e. The Hall–Kier alpha value is -0.680. The third-order valence-electron chi connectivity index (χ3n) is 1.95. The lowest BCUT2D eigenvalue weighted by atomic mass is 10.3. The van der Waals surface area contributed by atoms with Crippen molar-refractivity contribution >= 4 is 23.1 Å². The number of hydrogen-bond acceptors (Lipinski definition) is 3. The van der Waals surface area contributed by atoms with Crippen molar-refractivity contribution in [2.75, 3.05) is 26.7 Å². The Morgan fingerprint density at radius 1 is 1.53 bits per heavy atom. The molecule has 0 aromatic rings. The van der Waals surface area contributed by atoms with Crippen LogP contribution in [0.1, 0.15) is 26.2 Å². The van der Waals surface area contributed by atoms with Crippen molar-refractivity contribution < 1.29 is 4.79 Å². The van der Waals surface area contributed by atoms with Crippen molar-refractivity contribution in [1.29, 1.82) is 0 Å². The van der Waals surface area contributed by atoms with Crippen LogP contribution < -0.4 is 11.1 Å². The number of rotatable bonds is 8. The van der Waals surface area contributed by atoms with Gasteiger partial charge in [0.2, 0.25) is 5.91 Å². The van der Waals surface area contributed by atoms with E-state index in [0.717, 1.165) is 32.4 Å². The molecule has 3 N–H and O–H groups in total. The summed E-state index contributed by atoms with van der Waals surface area (Å²) in [4.78, 5) is 13.8. The molecule has 5 heteroatoms. The van der Waals surface area contributed by atoms with Crippen LogP contribution in [-0.4, -0.2) is 42.5 Å². The standard InChI is InChI=1S/C10H21N3OS/c1-3-6-12-10(14)8-13(2)7-4-5-9(11)15/h3-8H2,1-2H3,(H2,11,15)(H,12,14). The Balaban J connectivity index is 3.50. The van der Waals surface area contributed by atoms with Gasteiger partial charge in [0, 0.05) is 6.54 Å². The van der Waals surface area contributed by atoms with E-state index in [1.54, 1.807) is 0 Å². The summed E-state index contributed by atoms with van der Waals surface area (Å²) in [5.41, 5.74) is 5.38. The fourth-order valence-corrected chi connectivity index (χ4v) is 1.31. The molecule has 0 saturated heterocycles. The van der Waals surface area contributed by atoms with E-state index < -0.39 is 0 Å². The normalized spacial score (nSPS) is 10.3. The van der Waals surface area contributed by atoms with Crippen molar-refractivity contribution in [3.8, 4) is 0 Å². The molecule has 88 valence electrons. The van der Waals surface area contributed by atoms with E-state index in [1.165, 1.54) is 0 Å². The molecule has 0 heterocycles. The molecule has 0 aliphatic rings. The number of carbonyl (C=O) groups is 1. The van der Waals surface area contributed by atoms with Gasteiger partial charge in [0.15, 0.2) is 0 Å². The second kappa shape index (κ2) is 8.61. The number of nitrogens with zero attached hydrogens (tertiary/aromatic N) is 1. The van der Waals surface area contributed by atoms with Crippen LogP contribution in [0.3, 0.4) is 0 Å². The summed E-state index contributed by atoms with van der Waals surface area (Å²) in [6.45, 7) is 4.07. The van der Waals surface area contributed by atoms with Crippen molar-refractivity contribution in [3.63, 3.8) is 0 Å². The van der Waals surface area contributed by atoms with E-state index in [-0.39, 0.29) is 5.91 Å². The van der Waals surface area contributed by atoms with Crippen molar-refractivity contribution in [2.45, 2.75) is 26.2 Å². The summed E-state index contributed by atoms with van der Waals surface area (Å²) in [6, 6.07) is 0. The SMILES string of the molecule is CCCNC(=O)CN(C)CCCC(N)=S. The van der Waals surface area contributed by atoms with E-state index in [2.05, 4.69) is 5.32 Å². The monoisotopic (exact) mass is 231 g/mol. The molecule has 0 spiro atoms. The summed E-state index contributed by atoms with van der Waals surface area (Å²) < 4.78 is 0. The average molecular weight is 231 g/mol. The molecule has 0 unspecified atom stereocenters. The predicted octanol–water partition coefficient (Wildman–Crippen LogP) is 0.511. The first-order valence-corrected chi connectivity index (χ1v) is 5.70. The first-order chi connectivity index (χ1) is 7.06. The first kappa shape index (κ1) is 14.3. The quantitative estimate of drug-likeness (QED) is 0.598. The molecule has 0 radical (unpaired) electrons. The molecule has 4 nitrogen and oxygen atoms in total. The number of amides is 1. The molecule has 0 bridgehead atoms. The summed E-state index contributed by atoms with van der Waals surface area (Å²) in [6.07, 6.45) is 2.63. The van der Waals surface area contributed by atoms with Gasteiger partial charge in [-0.25, -0.2) is 0 Å². The minimum Gasteiger partial charge on any atom is -0.393 e. The number of nitrogens with one attached hydrogen (secondary N) is 1. The Kier molecular flexibility index (Phi) is 8.22. The average Bonchev–Trinajstić information content (AvgIpc) is 2.14. The summed E-state index contributed by atoms with van der Waals surface area (Å²) >= 11 is 4.77. The van der Waals surface area contributed by atoms with Gasteiger partial charge in [0.25, 0.3) is 0 Å². The maximum absolute atomic E-state index is 11.3. The molecular formula is C10H21N3OS. The Labute approximate surface area is 97.2 Å². The Bertz CT molecular complexity index is 209. The van der Waals surface area contributed by atoms with E-state index in [9.17, 15) is 4.79 Å². The number of thiocarbonyl (C=S) groups is 1. The van der Waals surface area contributed by atoms with Crippen LogP contribution in [0, 0.1) is 0 Å². The predicted molar refractivity (Wildman–Crippen MR) is 66.8 cm³/mol. The van der Waals surface area contributed by atoms with Crippen molar-refractivity contribution in [2.24, 2.45) is 5.73 Å². The van der Waals surface area contributed by atoms with Crippen LogP contribution >= 0.6 is 12.2 Å². The third-order valence-corrected chi connectivity index (χ3v) is 2.15. The maximum atomic E-state index is 11.3. The molecule has 0 aromatic carbocycles. The van der Waals surface area contributed by atoms with Crippen LogP contribution in [0.4, 0.5) is 0 Å². The highest BCUT2D eigenvalue weighted by molar-refractivity contribution is 7.80. The third kappa shape index (κ3) is 9.62. The molecule has 0 rings (SSSR count). The molecule has 1 amide bonds. The lowest BCUT2D eigenvalue weighted by molar-refractivity contribution is -0.121. The summed E-state index contributed by atoms with van der Waals surface area (Å²) in [5.74, 6) is 0.0784. The second-order valence-corrected chi connectivity index (χ2v) is 4.18. The van der Waals surface area contributed by atoms with Gasteiger partial charge in [-0.05, 0) is 32.9 Å². The molecule has 15 heavy (non-hydrogen) atoms. The van der Waals surface area contributed by atoms with Crippen molar-refractivity contribution in [1.82, 2.24) is 10.2 Å². The molecule has 0 atom stereocenters. The maximum Gasteiger partial charge on any atom is 0.234 e. The van der Waals surface area contributed by atoms with Crippen LogP contribution in [0.25, 0.3) is 0 Å². The van der Waals surface area contributed by atoms with Gasteiger partial charge in [0.1, 0.15) is 0 Å². The molecule has 0 aliphatic heterocycles. The zero-order valence-corrected chi connectivity index (χ0v) is 10.4. The Morgan fingerprint density at radius 2 is 2.20 bits per heavy atom. The van der Waals surface area contributed by atoms with Gasteiger partial charge in [-0.2, -0.15) is 0 Å². The highest BCUT2D eigenvalue weighted by Gasteiger charge is 2.04. The van der Waals surface area contributed by atoms with Crippen LogP contribution in [0.5, 0.6) is 0 Å². The number of hydrogen-bond donors (Lipinski definition) is 2. The molecule has 0 saturated carbocycles. The number of nitrogens with two attached hydrogens (primary N) is 1. The lowest BCUT2D eigenvalue weighted by Crippen LogP contribution is -2.36.